The third-order valence-corrected chi connectivity index (χ3v) is 4.20. The molecule has 0 radical (unpaired) electrons. The standard InChI is InChI=1S/C17H10F3N3/c18-17(19,20)12-4-3-11(9-21)14(8-12)16(10-22)6-5-15-13(16)2-1-7-23-15/h1-4,7-8H,5-6H2. The summed E-state index contributed by atoms with van der Waals surface area (Å²) in [5, 5.41) is 19.0. The molecular formula is C17H10F3N3. The Morgan fingerprint density at radius 1 is 1.13 bits per heavy atom. The fourth-order valence-corrected chi connectivity index (χ4v) is 3.09. The Balaban J connectivity index is 2.29. The molecule has 0 bridgehead atoms. The van der Waals surface area contributed by atoms with Crippen LogP contribution in [-0.2, 0) is 18.0 Å². The van der Waals surface area contributed by atoms with Gasteiger partial charge < -0.3 is 0 Å². The second-order valence-corrected chi connectivity index (χ2v) is 5.38. The number of nitriles is 2. The fraction of sp³-hybridized carbons (Fsp3) is 0.235. The molecule has 2 aromatic rings. The summed E-state index contributed by atoms with van der Waals surface area (Å²) in [6.07, 6.45) is -2.14. The maximum absolute atomic E-state index is 13.0. The molecule has 23 heavy (non-hydrogen) atoms. The summed E-state index contributed by atoms with van der Waals surface area (Å²) in [4.78, 5) is 4.20. The van der Waals surface area contributed by atoms with Gasteiger partial charge >= 0.3 is 6.18 Å². The molecule has 3 rings (SSSR count). The molecule has 3 nitrogen and oxygen atoms in total. The van der Waals surface area contributed by atoms with Crippen LogP contribution in [0, 0.1) is 22.7 Å². The number of rotatable bonds is 1. The molecule has 1 atom stereocenters. The average molecular weight is 313 g/mol. The summed E-state index contributed by atoms with van der Waals surface area (Å²) in [5.41, 5.74) is -0.678. The van der Waals surface area contributed by atoms with Crippen molar-refractivity contribution < 1.29 is 13.2 Å². The largest absolute Gasteiger partial charge is 0.416 e. The zero-order valence-electron chi connectivity index (χ0n) is 11.9. The number of hydrogen-bond acceptors (Lipinski definition) is 3. The van der Waals surface area contributed by atoms with Gasteiger partial charge in [-0.25, -0.2) is 0 Å². The minimum absolute atomic E-state index is 0.0799. The molecule has 0 N–H and O–H groups in total. The Hall–Kier alpha value is -2.86. The number of alkyl halides is 3. The van der Waals surface area contributed by atoms with Crippen molar-refractivity contribution in [3.05, 3.63) is 64.5 Å². The molecule has 1 heterocycles. The lowest BCUT2D eigenvalue weighted by Gasteiger charge is -2.24. The highest BCUT2D eigenvalue weighted by molar-refractivity contribution is 5.57. The van der Waals surface area contributed by atoms with Crippen molar-refractivity contribution in [1.82, 2.24) is 4.98 Å². The lowest BCUT2D eigenvalue weighted by Crippen LogP contribution is -2.25. The third-order valence-electron chi connectivity index (χ3n) is 4.20. The minimum atomic E-state index is -4.53. The average Bonchev–Trinajstić information content (AvgIpc) is 2.93. The van der Waals surface area contributed by atoms with E-state index in [4.69, 9.17) is 0 Å². The zero-order valence-corrected chi connectivity index (χ0v) is 11.9. The molecule has 6 heteroatoms. The number of hydrogen-bond donors (Lipinski definition) is 0. The van der Waals surface area contributed by atoms with E-state index in [0.717, 1.165) is 18.2 Å². The van der Waals surface area contributed by atoms with Gasteiger partial charge in [0.15, 0.2) is 0 Å². The second kappa shape index (κ2) is 5.10. The van der Waals surface area contributed by atoms with E-state index >= 15 is 0 Å². The van der Waals surface area contributed by atoms with Crippen molar-refractivity contribution in [2.75, 3.05) is 0 Å². The molecule has 0 fully saturated rings. The number of nitrogens with zero attached hydrogens (tertiary/aromatic N) is 3. The first kappa shape index (κ1) is 15.1. The number of benzene rings is 1. The van der Waals surface area contributed by atoms with Crippen molar-refractivity contribution in [3.63, 3.8) is 0 Å². The Bertz CT molecular complexity index is 859. The number of halogens is 3. The third kappa shape index (κ3) is 2.24. The Labute approximate surface area is 130 Å². The van der Waals surface area contributed by atoms with E-state index in [-0.39, 0.29) is 11.1 Å². The Morgan fingerprint density at radius 2 is 1.91 bits per heavy atom. The topological polar surface area (TPSA) is 60.5 Å². The number of aromatic nitrogens is 1. The summed E-state index contributed by atoms with van der Waals surface area (Å²) in [6, 6.07) is 10.3. The van der Waals surface area contributed by atoms with E-state index in [0.29, 0.717) is 24.1 Å². The van der Waals surface area contributed by atoms with Gasteiger partial charge in [0.2, 0.25) is 0 Å². The summed E-state index contributed by atoms with van der Waals surface area (Å²) in [7, 11) is 0. The van der Waals surface area contributed by atoms with Crippen LogP contribution in [0.15, 0.2) is 36.5 Å². The second-order valence-electron chi connectivity index (χ2n) is 5.38. The monoisotopic (exact) mass is 313 g/mol. The van der Waals surface area contributed by atoms with Crippen LogP contribution in [0.25, 0.3) is 0 Å². The van der Waals surface area contributed by atoms with E-state index in [2.05, 4.69) is 11.1 Å². The van der Waals surface area contributed by atoms with Crippen molar-refractivity contribution in [1.29, 1.82) is 10.5 Å². The van der Waals surface area contributed by atoms with Crippen LogP contribution in [0.4, 0.5) is 13.2 Å². The molecule has 0 saturated heterocycles. The van der Waals surface area contributed by atoms with E-state index < -0.39 is 17.2 Å². The lowest BCUT2D eigenvalue weighted by molar-refractivity contribution is -0.137. The molecule has 1 aromatic heterocycles. The van der Waals surface area contributed by atoms with E-state index in [1.165, 1.54) is 0 Å². The first-order valence-corrected chi connectivity index (χ1v) is 6.90. The predicted molar refractivity (Wildman–Crippen MR) is 75.1 cm³/mol. The van der Waals surface area contributed by atoms with Crippen LogP contribution in [0.5, 0.6) is 0 Å². The first-order valence-electron chi connectivity index (χ1n) is 6.90. The van der Waals surface area contributed by atoms with Crippen molar-refractivity contribution in [3.8, 4) is 12.1 Å². The molecule has 1 aromatic carbocycles. The van der Waals surface area contributed by atoms with Crippen LogP contribution in [0.1, 0.15) is 34.4 Å². The number of fused-ring (bicyclic) bond motifs is 1. The smallest absolute Gasteiger partial charge is 0.261 e. The molecule has 0 saturated carbocycles. The molecule has 1 unspecified atom stereocenters. The van der Waals surface area contributed by atoms with E-state index in [1.54, 1.807) is 18.3 Å². The van der Waals surface area contributed by atoms with Gasteiger partial charge in [0.1, 0.15) is 5.41 Å². The van der Waals surface area contributed by atoms with Gasteiger partial charge in [0.25, 0.3) is 0 Å². The van der Waals surface area contributed by atoms with Gasteiger partial charge in [-0.15, -0.1) is 0 Å². The van der Waals surface area contributed by atoms with Gasteiger partial charge in [0.05, 0.1) is 23.3 Å². The van der Waals surface area contributed by atoms with E-state index in [9.17, 15) is 23.7 Å². The number of pyridine rings is 1. The summed E-state index contributed by atoms with van der Waals surface area (Å²) >= 11 is 0. The molecule has 0 spiro atoms. The maximum atomic E-state index is 13.0. The van der Waals surface area contributed by atoms with Crippen LogP contribution < -0.4 is 0 Å². The van der Waals surface area contributed by atoms with Crippen molar-refractivity contribution >= 4 is 0 Å². The summed E-state index contributed by atoms with van der Waals surface area (Å²) in [5.74, 6) is 0. The molecule has 114 valence electrons. The van der Waals surface area contributed by atoms with Crippen LogP contribution >= 0.6 is 0 Å². The molecule has 1 aliphatic carbocycles. The Morgan fingerprint density at radius 3 is 2.57 bits per heavy atom. The highest BCUT2D eigenvalue weighted by atomic mass is 19.4. The zero-order chi connectivity index (χ0) is 16.7. The molecule has 0 aliphatic heterocycles. The normalized spacial score (nSPS) is 19.7. The van der Waals surface area contributed by atoms with E-state index in [1.807, 2.05) is 6.07 Å². The van der Waals surface area contributed by atoms with Crippen molar-refractivity contribution in [2.24, 2.45) is 0 Å². The minimum Gasteiger partial charge on any atom is -0.261 e. The van der Waals surface area contributed by atoms with Crippen LogP contribution in [0.2, 0.25) is 0 Å². The first-order chi connectivity index (χ1) is 10.9. The fourth-order valence-electron chi connectivity index (χ4n) is 3.09. The SMILES string of the molecule is N#Cc1ccc(C(F)(F)F)cc1C1(C#N)CCc2ncccc21. The summed E-state index contributed by atoms with van der Waals surface area (Å²) in [6.45, 7) is 0. The quantitative estimate of drug-likeness (QED) is 0.806. The van der Waals surface area contributed by atoms with Gasteiger partial charge in [-0.05, 0) is 48.2 Å². The highest BCUT2D eigenvalue weighted by Gasteiger charge is 2.44. The van der Waals surface area contributed by atoms with Crippen LogP contribution in [0.3, 0.4) is 0 Å². The van der Waals surface area contributed by atoms with Gasteiger partial charge in [-0.1, -0.05) is 6.07 Å². The lowest BCUT2D eigenvalue weighted by atomic mass is 9.75. The van der Waals surface area contributed by atoms with Gasteiger partial charge in [0, 0.05) is 11.9 Å². The number of aryl methyl sites for hydroxylation is 1. The molecule has 0 amide bonds. The molecular weight excluding hydrogens is 303 g/mol. The Kier molecular flexibility index (Phi) is 3.34. The highest BCUT2D eigenvalue weighted by Crippen LogP contribution is 2.45. The van der Waals surface area contributed by atoms with Crippen molar-refractivity contribution in [2.45, 2.75) is 24.4 Å². The molecule has 1 aliphatic rings. The maximum Gasteiger partial charge on any atom is 0.416 e. The predicted octanol–water partition coefficient (Wildman–Crippen LogP) is 3.73. The van der Waals surface area contributed by atoms with Crippen LogP contribution in [-0.4, -0.2) is 4.98 Å². The van der Waals surface area contributed by atoms with Gasteiger partial charge in [-0.2, -0.15) is 23.7 Å². The van der Waals surface area contributed by atoms with Gasteiger partial charge in [-0.3, -0.25) is 4.98 Å². The summed E-state index contributed by atoms with van der Waals surface area (Å²) < 4.78 is 39.1.